The van der Waals surface area contributed by atoms with Crippen LogP contribution in [0.15, 0.2) is 24.3 Å². The fourth-order valence-corrected chi connectivity index (χ4v) is 3.12. The lowest BCUT2D eigenvalue weighted by atomic mass is 10.1. The highest BCUT2D eigenvalue weighted by Gasteiger charge is 2.19. The fraction of sp³-hybridized carbons (Fsp3) is 0.333. The first-order chi connectivity index (χ1) is 12.4. The van der Waals surface area contributed by atoms with Crippen LogP contribution in [-0.4, -0.2) is 36.0 Å². The standard InChI is InChI=1S/C18H21N3O4S/c1-4-12-6-8-13(9-7-12)16-20-11(3)15(26-16)17(23)25-10-14(22)21-18(24)19-5-2/h6-9H,4-5,10H2,1-3H3,(H2,19,21,22,24). The molecule has 0 saturated carbocycles. The Kier molecular flexibility index (Phi) is 6.85. The summed E-state index contributed by atoms with van der Waals surface area (Å²) >= 11 is 1.21. The van der Waals surface area contributed by atoms with Crippen molar-refractivity contribution in [2.75, 3.05) is 13.2 Å². The molecule has 1 heterocycles. The Morgan fingerprint density at radius 2 is 1.85 bits per heavy atom. The van der Waals surface area contributed by atoms with Crippen molar-refractivity contribution in [1.82, 2.24) is 15.6 Å². The van der Waals surface area contributed by atoms with Crippen LogP contribution in [0.5, 0.6) is 0 Å². The molecule has 2 aromatic rings. The Morgan fingerprint density at radius 3 is 2.46 bits per heavy atom. The summed E-state index contributed by atoms with van der Waals surface area (Å²) in [6.45, 7) is 5.38. The number of aryl methyl sites for hydroxylation is 2. The zero-order valence-corrected chi connectivity index (χ0v) is 15.7. The molecule has 0 aliphatic heterocycles. The minimum Gasteiger partial charge on any atom is -0.451 e. The number of nitrogens with one attached hydrogen (secondary N) is 2. The first-order valence-corrected chi connectivity index (χ1v) is 9.07. The van der Waals surface area contributed by atoms with Crippen LogP contribution in [0.25, 0.3) is 10.6 Å². The van der Waals surface area contributed by atoms with Crippen LogP contribution in [0, 0.1) is 6.92 Å². The summed E-state index contributed by atoms with van der Waals surface area (Å²) < 4.78 is 4.97. The SMILES string of the molecule is CCNC(=O)NC(=O)COC(=O)c1sc(-c2ccc(CC)cc2)nc1C. The molecule has 3 amide bonds. The first kappa shape index (κ1) is 19.6. The van der Waals surface area contributed by atoms with Crippen molar-refractivity contribution in [3.63, 3.8) is 0 Å². The van der Waals surface area contributed by atoms with E-state index in [4.69, 9.17) is 4.74 Å². The van der Waals surface area contributed by atoms with Gasteiger partial charge in [0.15, 0.2) is 6.61 Å². The van der Waals surface area contributed by atoms with Gasteiger partial charge in [-0.05, 0) is 25.8 Å². The molecule has 0 aliphatic carbocycles. The number of hydrogen-bond acceptors (Lipinski definition) is 6. The number of aromatic nitrogens is 1. The summed E-state index contributed by atoms with van der Waals surface area (Å²) in [6.07, 6.45) is 0.951. The number of benzene rings is 1. The van der Waals surface area contributed by atoms with E-state index in [1.807, 2.05) is 24.3 Å². The number of nitrogens with zero attached hydrogens (tertiary/aromatic N) is 1. The number of imide groups is 1. The van der Waals surface area contributed by atoms with E-state index in [2.05, 4.69) is 22.5 Å². The Hall–Kier alpha value is -2.74. The van der Waals surface area contributed by atoms with Gasteiger partial charge in [-0.15, -0.1) is 11.3 Å². The van der Waals surface area contributed by atoms with Gasteiger partial charge >= 0.3 is 12.0 Å². The molecule has 8 heteroatoms. The van der Waals surface area contributed by atoms with E-state index in [1.165, 1.54) is 16.9 Å². The van der Waals surface area contributed by atoms with Gasteiger partial charge in [0.2, 0.25) is 0 Å². The molecule has 0 spiro atoms. The van der Waals surface area contributed by atoms with Crippen molar-refractivity contribution >= 4 is 29.2 Å². The minimum atomic E-state index is -0.693. The van der Waals surface area contributed by atoms with Crippen molar-refractivity contribution in [2.24, 2.45) is 0 Å². The average Bonchev–Trinajstić information content (AvgIpc) is 3.01. The van der Waals surface area contributed by atoms with Crippen LogP contribution in [0.2, 0.25) is 0 Å². The van der Waals surface area contributed by atoms with Gasteiger partial charge in [0.1, 0.15) is 9.88 Å². The van der Waals surface area contributed by atoms with Crippen molar-refractivity contribution in [2.45, 2.75) is 27.2 Å². The van der Waals surface area contributed by atoms with Crippen molar-refractivity contribution in [3.8, 4) is 10.6 Å². The number of ether oxygens (including phenoxy) is 1. The molecule has 138 valence electrons. The van der Waals surface area contributed by atoms with Gasteiger partial charge in [-0.3, -0.25) is 10.1 Å². The van der Waals surface area contributed by atoms with E-state index < -0.39 is 24.5 Å². The molecule has 2 rings (SSSR count). The van der Waals surface area contributed by atoms with Gasteiger partial charge in [0, 0.05) is 12.1 Å². The molecule has 0 unspecified atom stereocenters. The number of rotatable bonds is 6. The summed E-state index contributed by atoms with van der Waals surface area (Å²) in [5.41, 5.74) is 2.68. The molecule has 0 bridgehead atoms. The third-order valence-electron chi connectivity index (χ3n) is 3.52. The van der Waals surface area contributed by atoms with Gasteiger partial charge in [-0.1, -0.05) is 31.2 Å². The van der Waals surface area contributed by atoms with Gasteiger partial charge in [0.05, 0.1) is 5.69 Å². The second kappa shape index (κ2) is 9.10. The molecule has 1 aromatic heterocycles. The predicted octanol–water partition coefficient (Wildman–Crippen LogP) is 2.68. The molecule has 0 fully saturated rings. The highest BCUT2D eigenvalue weighted by molar-refractivity contribution is 7.17. The minimum absolute atomic E-state index is 0.338. The zero-order valence-electron chi connectivity index (χ0n) is 14.9. The number of amides is 3. The maximum atomic E-state index is 12.2. The number of esters is 1. The molecule has 0 atom stereocenters. The molecule has 7 nitrogen and oxygen atoms in total. The van der Waals surface area contributed by atoms with Gasteiger partial charge in [-0.2, -0.15) is 0 Å². The van der Waals surface area contributed by atoms with E-state index in [0.717, 1.165) is 12.0 Å². The average molecular weight is 375 g/mol. The van der Waals surface area contributed by atoms with Gasteiger partial charge < -0.3 is 10.1 Å². The normalized spacial score (nSPS) is 10.3. The summed E-state index contributed by atoms with van der Waals surface area (Å²) in [5.74, 6) is -1.33. The maximum absolute atomic E-state index is 12.2. The van der Waals surface area contributed by atoms with Gasteiger partial charge in [-0.25, -0.2) is 14.6 Å². The molecular weight excluding hydrogens is 354 g/mol. The van der Waals surface area contributed by atoms with Crippen LogP contribution in [0.3, 0.4) is 0 Å². The molecule has 0 saturated heterocycles. The second-order valence-electron chi connectivity index (χ2n) is 5.47. The maximum Gasteiger partial charge on any atom is 0.350 e. The lowest BCUT2D eigenvalue weighted by molar-refractivity contribution is -0.123. The monoisotopic (exact) mass is 375 g/mol. The van der Waals surface area contributed by atoms with Crippen LogP contribution < -0.4 is 10.6 Å². The lowest BCUT2D eigenvalue weighted by Gasteiger charge is -2.05. The zero-order chi connectivity index (χ0) is 19.1. The number of thiazole rings is 1. The van der Waals surface area contributed by atoms with E-state index in [0.29, 0.717) is 22.1 Å². The Balaban J connectivity index is 2.00. The van der Waals surface area contributed by atoms with E-state index in [9.17, 15) is 14.4 Å². The van der Waals surface area contributed by atoms with Crippen LogP contribution >= 0.6 is 11.3 Å². The molecule has 1 aromatic carbocycles. The molecular formula is C18H21N3O4S. The molecule has 0 radical (unpaired) electrons. The topological polar surface area (TPSA) is 97.4 Å². The van der Waals surface area contributed by atoms with Crippen LogP contribution in [0.1, 0.15) is 34.8 Å². The third kappa shape index (κ3) is 5.13. The number of carbonyl (C=O) groups excluding carboxylic acids is 3. The number of urea groups is 1. The summed E-state index contributed by atoms with van der Waals surface area (Å²) in [6, 6.07) is 7.35. The van der Waals surface area contributed by atoms with Crippen molar-refractivity contribution < 1.29 is 19.1 Å². The first-order valence-electron chi connectivity index (χ1n) is 8.26. The lowest BCUT2D eigenvalue weighted by Crippen LogP contribution is -2.41. The van der Waals surface area contributed by atoms with E-state index in [-0.39, 0.29) is 0 Å². The summed E-state index contributed by atoms with van der Waals surface area (Å²) in [4.78, 5) is 39.8. The highest BCUT2D eigenvalue weighted by Crippen LogP contribution is 2.28. The number of hydrogen-bond donors (Lipinski definition) is 2. The molecule has 0 aliphatic rings. The molecule has 2 N–H and O–H groups in total. The van der Waals surface area contributed by atoms with Crippen LogP contribution in [0.4, 0.5) is 4.79 Å². The smallest absolute Gasteiger partial charge is 0.350 e. The predicted molar refractivity (Wildman–Crippen MR) is 99.2 cm³/mol. The second-order valence-corrected chi connectivity index (χ2v) is 6.47. The van der Waals surface area contributed by atoms with E-state index >= 15 is 0 Å². The fourth-order valence-electron chi connectivity index (χ4n) is 2.16. The van der Waals surface area contributed by atoms with Gasteiger partial charge in [0.25, 0.3) is 5.91 Å². The van der Waals surface area contributed by atoms with Crippen molar-refractivity contribution in [1.29, 1.82) is 0 Å². The summed E-state index contributed by atoms with van der Waals surface area (Å²) in [5, 5.41) is 5.19. The largest absolute Gasteiger partial charge is 0.451 e. The molecule has 26 heavy (non-hydrogen) atoms. The van der Waals surface area contributed by atoms with Crippen molar-refractivity contribution in [3.05, 3.63) is 40.4 Å². The van der Waals surface area contributed by atoms with Crippen LogP contribution in [-0.2, 0) is 16.0 Å². The quantitative estimate of drug-likeness (QED) is 0.757. The van der Waals surface area contributed by atoms with E-state index in [1.54, 1.807) is 13.8 Å². The Labute approximate surface area is 155 Å². The Bertz CT molecular complexity index is 799. The highest BCUT2D eigenvalue weighted by atomic mass is 32.1. The summed E-state index contributed by atoms with van der Waals surface area (Å²) in [7, 11) is 0. The Morgan fingerprint density at radius 1 is 1.15 bits per heavy atom. The number of carbonyl (C=O) groups is 3. The third-order valence-corrected chi connectivity index (χ3v) is 4.70.